The van der Waals surface area contributed by atoms with Crippen molar-refractivity contribution in [2.45, 2.75) is 12.5 Å². The van der Waals surface area contributed by atoms with Gasteiger partial charge in [-0.15, -0.1) is 0 Å². The quantitative estimate of drug-likeness (QED) is 0.720. The van der Waals surface area contributed by atoms with E-state index in [1.807, 2.05) is 37.4 Å². The summed E-state index contributed by atoms with van der Waals surface area (Å²) in [6, 6.07) is 6.89. The minimum Gasteiger partial charge on any atom is -0.493 e. The Morgan fingerprint density at radius 1 is 1.05 bits per heavy atom. The number of nitrogens with one attached hydrogen (secondary N) is 1. The molecule has 0 radical (unpaired) electrons. The van der Waals surface area contributed by atoms with Crippen LogP contribution in [-0.4, -0.2) is 13.7 Å². The molecule has 0 saturated heterocycles. The normalized spacial score (nSPS) is 16.7. The summed E-state index contributed by atoms with van der Waals surface area (Å²) in [6.07, 6.45) is 0.544. The number of benzene rings is 3. The van der Waals surface area contributed by atoms with Crippen LogP contribution in [0.4, 0.5) is 0 Å². The van der Waals surface area contributed by atoms with Gasteiger partial charge in [0.1, 0.15) is 5.75 Å². The Hall–Kier alpha value is -2.32. The van der Waals surface area contributed by atoms with E-state index in [0.717, 1.165) is 5.56 Å². The second-order valence-electron chi connectivity index (χ2n) is 4.84. The van der Waals surface area contributed by atoms with Gasteiger partial charge in [0.25, 0.3) is 0 Å². The smallest absolute Gasteiger partial charge is 0.127 e. The van der Waals surface area contributed by atoms with Gasteiger partial charge >= 0.3 is 0 Å². The summed E-state index contributed by atoms with van der Waals surface area (Å²) in [5.74, 6) is -0.0871. The third-order valence-corrected chi connectivity index (χ3v) is 3.48. The Labute approximate surface area is 141 Å². The maximum atomic E-state index is 8.21. The molecule has 0 aromatic heterocycles. The van der Waals surface area contributed by atoms with Crippen LogP contribution in [0.2, 0.25) is 0 Å². The van der Waals surface area contributed by atoms with Gasteiger partial charge in [0.05, 0.1) is 16.2 Å². The highest BCUT2D eigenvalue weighted by Crippen LogP contribution is 2.26. The molecule has 22 heavy (non-hydrogen) atoms. The molecule has 0 heterocycles. The van der Waals surface area contributed by atoms with Gasteiger partial charge < -0.3 is 10.1 Å². The van der Waals surface area contributed by atoms with Crippen LogP contribution in [0.3, 0.4) is 0 Å². The van der Waals surface area contributed by atoms with Crippen molar-refractivity contribution in [2.24, 2.45) is 0 Å². The van der Waals surface area contributed by atoms with Crippen LogP contribution in [0.25, 0.3) is 10.8 Å². The number of fused-ring (bicyclic) bond motifs is 1. The molecule has 3 aromatic rings. The van der Waals surface area contributed by atoms with Gasteiger partial charge in [0, 0.05) is 17.8 Å². The Balaban J connectivity index is 2.01. The summed E-state index contributed by atoms with van der Waals surface area (Å²) in [5.41, 5.74) is 1.07. The summed E-state index contributed by atoms with van der Waals surface area (Å²) < 4.78 is 62.2. The number of ether oxygens (including phenoxy) is 1. The third-order valence-electron chi connectivity index (χ3n) is 3.48. The summed E-state index contributed by atoms with van der Waals surface area (Å²) in [7, 11) is 1.83. The first-order chi connectivity index (χ1) is 13.8. The second-order valence-corrected chi connectivity index (χ2v) is 4.84. The third kappa shape index (κ3) is 3.29. The molecule has 2 nitrogen and oxygen atoms in total. The molecule has 0 fully saturated rings. The molecule has 112 valence electrons. The monoisotopic (exact) mass is 298 g/mol. The maximum absolute atomic E-state index is 8.21. The van der Waals surface area contributed by atoms with E-state index in [1.54, 1.807) is 0 Å². The van der Waals surface area contributed by atoms with Crippen molar-refractivity contribution in [3.8, 4) is 5.75 Å². The van der Waals surface area contributed by atoms with Crippen LogP contribution in [-0.2, 0) is 0 Å². The van der Waals surface area contributed by atoms with Crippen LogP contribution < -0.4 is 10.1 Å². The zero-order valence-electron chi connectivity index (χ0n) is 19.3. The van der Waals surface area contributed by atoms with Crippen LogP contribution in [0.15, 0.2) is 72.6 Å². The molecule has 3 aromatic carbocycles. The molecule has 1 N–H and O–H groups in total. The summed E-state index contributed by atoms with van der Waals surface area (Å²) in [6.45, 7) is 0.168. The van der Waals surface area contributed by atoms with E-state index in [9.17, 15) is 0 Å². The predicted octanol–water partition coefficient (Wildman–Crippen LogP) is 4.57. The Bertz CT molecular complexity index is 1050. The Morgan fingerprint density at radius 3 is 2.64 bits per heavy atom. The zero-order chi connectivity index (χ0) is 21.3. The predicted molar refractivity (Wildman–Crippen MR) is 92.3 cm³/mol. The molecule has 0 amide bonds. The van der Waals surface area contributed by atoms with Gasteiger partial charge in [-0.25, -0.2) is 0 Å². The van der Waals surface area contributed by atoms with Gasteiger partial charge in [-0.1, -0.05) is 66.6 Å². The highest BCUT2D eigenvalue weighted by atomic mass is 16.5. The summed E-state index contributed by atoms with van der Waals surface area (Å²) in [5, 5.41) is 3.08. The molecule has 0 aliphatic heterocycles. The van der Waals surface area contributed by atoms with E-state index in [4.69, 9.17) is 14.3 Å². The SMILES string of the molecule is [2H]c1c([2H])c([2H])c2c(OCCC(NC)c3ccccc3)c([2H])c([2H])c([2H])c2c1[2H]. The largest absolute Gasteiger partial charge is 0.493 e. The van der Waals surface area contributed by atoms with E-state index in [0.29, 0.717) is 6.42 Å². The van der Waals surface area contributed by atoms with Gasteiger partial charge in [-0.05, 0) is 24.0 Å². The molecule has 1 unspecified atom stereocenters. The minimum atomic E-state index is -0.474. The number of rotatable bonds is 6. The fourth-order valence-corrected chi connectivity index (χ4v) is 2.34. The lowest BCUT2D eigenvalue weighted by molar-refractivity contribution is 0.293. The van der Waals surface area contributed by atoms with Crippen molar-refractivity contribution in [1.29, 1.82) is 0 Å². The van der Waals surface area contributed by atoms with Gasteiger partial charge in [0.2, 0.25) is 0 Å². The lowest BCUT2D eigenvalue weighted by atomic mass is 10.0. The van der Waals surface area contributed by atoms with Crippen molar-refractivity contribution < 1.29 is 14.3 Å². The van der Waals surface area contributed by atoms with Crippen molar-refractivity contribution in [2.75, 3.05) is 13.7 Å². The molecule has 1 atom stereocenters. The minimum absolute atomic E-state index is 0.00337. The second kappa shape index (κ2) is 7.10. The molecule has 0 aliphatic carbocycles. The van der Waals surface area contributed by atoms with Crippen molar-refractivity contribution in [3.05, 3.63) is 78.2 Å². The van der Waals surface area contributed by atoms with Crippen molar-refractivity contribution >= 4 is 10.8 Å². The van der Waals surface area contributed by atoms with E-state index in [-0.39, 0.29) is 41.3 Å². The molecule has 0 saturated carbocycles. The van der Waals surface area contributed by atoms with Gasteiger partial charge in [0.15, 0.2) is 0 Å². The number of hydrogen-bond donors (Lipinski definition) is 1. The lowest BCUT2D eigenvalue weighted by Crippen LogP contribution is -2.19. The number of hydrogen-bond acceptors (Lipinski definition) is 2. The maximum Gasteiger partial charge on any atom is 0.127 e. The molecule has 0 aliphatic rings. The highest BCUT2D eigenvalue weighted by Gasteiger charge is 2.09. The highest BCUT2D eigenvalue weighted by molar-refractivity contribution is 5.88. The Kier molecular flexibility index (Phi) is 2.69. The fourth-order valence-electron chi connectivity index (χ4n) is 2.34. The first kappa shape index (κ1) is 8.35. The van der Waals surface area contributed by atoms with E-state index < -0.39 is 30.2 Å². The molecular formula is C20H21NO. The van der Waals surface area contributed by atoms with Crippen LogP contribution in [0, 0.1) is 0 Å². The molecule has 3 rings (SSSR count). The molecule has 0 spiro atoms. The molecule has 2 heteroatoms. The average molecular weight is 298 g/mol. The zero-order valence-corrected chi connectivity index (χ0v) is 12.3. The first-order valence-corrected chi connectivity index (χ1v) is 7.14. The topological polar surface area (TPSA) is 21.3 Å². The fraction of sp³-hybridized carbons (Fsp3) is 0.200. The average Bonchev–Trinajstić information content (AvgIpc) is 2.73. The van der Waals surface area contributed by atoms with E-state index >= 15 is 0 Å². The van der Waals surface area contributed by atoms with Crippen LogP contribution in [0.1, 0.15) is 27.6 Å². The summed E-state index contributed by atoms with van der Waals surface area (Å²) in [4.78, 5) is 0. The standard InChI is InChI=1S/C20H21NO/c1-21-19(17-9-3-2-4-10-17)14-15-22-20-13-7-11-16-8-5-6-12-18(16)20/h2-13,19,21H,14-15H2,1H3/i5D,6D,7D,8D,11D,12D,13D. The van der Waals surface area contributed by atoms with Gasteiger partial charge in [-0.3, -0.25) is 0 Å². The van der Waals surface area contributed by atoms with E-state index in [1.165, 1.54) is 0 Å². The first-order valence-electron chi connectivity index (χ1n) is 10.6. The van der Waals surface area contributed by atoms with E-state index in [2.05, 4.69) is 5.32 Å². The Morgan fingerprint density at radius 2 is 1.82 bits per heavy atom. The van der Waals surface area contributed by atoms with Gasteiger partial charge in [-0.2, -0.15) is 0 Å². The van der Waals surface area contributed by atoms with Crippen molar-refractivity contribution in [1.82, 2.24) is 5.32 Å². The molecule has 0 bridgehead atoms. The van der Waals surface area contributed by atoms with Crippen LogP contribution in [0.5, 0.6) is 5.75 Å². The molecular weight excluding hydrogens is 270 g/mol. The van der Waals surface area contributed by atoms with Crippen molar-refractivity contribution in [3.63, 3.8) is 0 Å². The van der Waals surface area contributed by atoms with Crippen LogP contribution >= 0.6 is 0 Å². The summed E-state index contributed by atoms with van der Waals surface area (Å²) >= 11 is 0. The lowest BCUT2D eigenvalue weighted by Gasteiger charge is -2.17.